The van der Waals surface area contributed by atoms with E-state index in [2.05, 4.69) is 24.5 Å². The Balaban J connectivity index is 1.76. The minimum Gasteiger partial charge on any atom is -0.354 e. The molecule has 1 aliphatic heterocycles. The van der Waals surface area contributed by atoms with Crippen LogP contribution in [0.2, 0.25) is 0 Å². The average molecular weight is 252 g/mol. The van der Waals surface area contributed by atoms with Gasteiger partial charge in [-0.15, -0.1) is 0 Å². The summed E-state index contributed by atoms with van der Waals surface area (Å²) < 4.78 is 0. The predicted molar refractivity (Wildman–Crippen MR) is 74.4 cm³/mol. The minimum atomic E-state index is 0.0764. The summed E-state index contributed by atoms with van der Waals surface area (Å²) in [5.74, 6) is 1.62. The SMILES string of the molecule is CCC(CC)CNC(=O)C1CC2CCCCC2N1. The van der Waals surface area contributed by atoms with Gasteiger partial charge in [0.05, 0.1) is 6.04 Å². The molecule has 2 N–H and O–H groups in total. The predicted octanol–water partition coefficient (Wildman–Crippen LogP) is 2.46. The van der Waals surface area contributed by atoms with Crippen LogP contribution in [0.25, 0.3) is 0 Å². The maximum atomic E-state index is 12.2. The number of carbonyl (C=O) groups is 1. The Hall–Kier alpha value is -0.570. The summed E-state index contributed by atoms with van der Waals surface area (Å²) in [5, 5.41) is 6.68. The number of fused-ring (bicyclic) bond motifs is 1. The molecule has 1 heterocycles. The van der Waals surface area contributed by atoms with Gasteiger partial charge in [0.15, 0.2) is 0 Å². The molecule has 1 saturated heterocycles. The lowest BCUT2D eigenvalue weighted by molar-refractivity contribution is -0.123. The minimum absolute atomic E-state index is 0.0764. The molecule has 0 aromatic rings. The summed E-state index contributed by atoms with van der Waals surface area (Å²) in [6.07, 6.45) is 8.62. The second-order valence-corrected chi connectivity index (χ2v) is 6.03. The third kappa shape index (κ3) is 3.25. The van der Waals surface area contributed by atoms with Gasteiger partial charge in [0, 0.05) is 12.6 Å². The molecule has 0 spiro atoms. The van der Waals surface area contributed by atoms with Crippen LogP contribution in [-0.4, -0.2) is 24.5 Å². The second kappa shape index (κ2) is 6.55. The van der Waals surface area contributed by atoms with Gasteiger partial charge in [-0.2, -0.15) is 0 Å². The standard InChI is InChI=1S/C15H28N2O/c1-3-11(4-2)10-16-15(18)14-9-12-7-5-6-8-13(12)17-14/h11-14,17H,3-10H2,1-2H3,(H,16,18). The van der Waals surface area contributed by atoms with E-state index in [9.17, 15) is 4.79 Å². The van der Waals surface area contributed by atoms with E-state index >= 15 is 0 Å². The molecule has 3 nitrogen and oxygen atoms in total. The average Bonchev–Trinajstić information content (AvgIpc) is 2.83. The Kier molecular flexibility index (Phi) is 5.04. The third-order valence-electron chi connectivity index (χ3n) is 4.90. The number of hydrogen-bond donors (Lipinski definition) is 2. The van der Waals surface area contributed by atoms with Gasteiger partial charge in [-0.25, -0.2) is 0 Å². The van der Waals surface area contributed by atoms with Crippen molar-refractivity contribution < 1.29 is 4.79 Å². The monoisotopic (exact) mass is 252 g/mol. The fraction of sp³-hybridized carbons (Fsp3) is 0.933. The molecule has 0 aromatic heterocycles. The largest absolute Gasteiger partial charge is 0.354 e. The summed E-state index contributed by atoms with van der Waals surface area (Å²) >= 11 is 0. The zero-order valence-electron chi connectivity index (χ0n) is 11.9. The van der Waals surface area contributed by atoms with Crippen LogP contribution in [0.4, 0.5) is 0 Å². The summed E-state index contributed by atoms with van der Waals surface area (Å²) in [6.45, 7) is 5.24. The molecule has 2 fully saturated rings. The fourth-order valence-electron chi connectivity index (χ4n) is 3.47. The van der Waals surface area contributed by atoms with E-state index in [1.54, 1.807) is 0 Å². The molecule has 2 aliphatic rings. The molecule has 1 saturated carbocycles. The van der Waals surface area contributed by atoms with Crippen molar-refractivity contribution >= 4 is 5.91 Å². The molecule has 18 heavy (non-hydrogen) atoms. The molecule has 1 amide bonds. The number of amides is 1. The van der Waals surface area contributed by atoms with Crippen molar-refractivity contribution in [1.82, 2.24) is 10.6 Å². The van der Waals surface area contributed by atoms with Crippen LogP contribution in [0.15, 0.2) is 0 Å². The Morgan fingerprint density at radius 2 is 2.00 bits per heavy atom. The molecule has 1 aliphatic carbocycles. The zero-order chi connectivity index (χ0) is 13.0. The van der Waals surface area contributed by atoms with Gasteiger partial charge in [-0.05, 0) is 31.1 Å². The molecular weight excluding hydrogens is 224 g/mol. The van der Waals surface area contributed by atoms with Gasteiger partial charge in [0.1, 0.15) is 0 Å². The first-order valence-corrected chi connectivity index (χ1v) is 7.78. The van der Waals surface area contributed by atoms with E-state index in [0.717, 1.165) is 31.7 Å². The first-order chi connectivity index (χ1) is 8.74. The molecule has 0 bridgehead atoms. The van der Waals surface area contributed by atoms with Crippen LogP contribution in [0.5, 0.6) is 0 Å². The van der Waals surface area contributed by atoms with E-state index < -0.39 is 0 Å². The maximum Gasteiger partial charge on any atom is 0.237 e. The van der Waals surface area contributed by atoms with Crippen LogP contribution in [0.1, 0.15) is 58.8 Å². The van der Waals surface area contributed by atoms with Crippen LogP contribution in [-0.2, 0) is 4.79 Å². The molecule has 104 valence electrons. The molecule has 0 radical (unpaired) electrons. The van der Waals surface area contributed by atoms with Crippen LogP contribution in [0.3, 0.4) is 0 Å². The molecule has 3 heteroatoms. The lowest BCUT2D eigenvalue weighted by Gasteiger charge is -2.24. The molecule has 3 unspecified atom stereocenters. The van der Waals surface area contributed by atoms with Gasteiger partial charge in [0.2, 0.25) is 5.91 Å². The highest BCUT2D eigenvalue weighted by atomic mass is 16.2. The number of hydrogen-bond acceptors (Lipinski definition) is 2. The van der Waals surface area contributed by atoms with Crippen LogP contribution in [0, 0.1) is 11.8 Å². The van der Waals surface area contributed by atoms with E-state index in [1.165, 1.54) is 25.7 Å². The normalized spacial score (nSPS) is 31.4. The topological polar surface area (TPSA) is 41.1 Å². The van der Waals surface area contributed by atoms with Crippen molar-refractivity contribution in [3.8, 4) is 0 Å². The summed E-state index contributed by atoms with van der Waals surface area (Å²) in [4.78, 5) is 12.2. The van der Waals surface area contributed by atoms with E-state index in [0.29, 0.717) is 12.0 Å². The zero-order valence-corrected chi connectivity index (χ0v) is 11.9. The molecule has 2 rings (SSSR count). The Morgan fingerprint density at radius 3 is 2.67 bits per heavy atom. The number of nitrogens with one attached hydrogen (secondary N) is 2. The number of carbonyl (C=O) groups excluding carboxylic acids is 1. The molecule has 0 aromatic carbocycles. The highest BCUT2D eigenvalue weighted by Crippen LogP contribution is 2.33. The summed E-state index contributed by atoms with van der Waals surface area (Å²) in [7, 11) is 0. The van der Waals surface area contributed by atoms with Gasteiger partial charge < -0.3 is 10.6 Å². The van der Waals surface area contributed by atoms with Gasteiger partial charge in [-0.1, -0.05) is 39.5 Å². The van der Waals surface area contributed by atoms with Crippen molar-refractivity contribution in [3.63, 3.8) is 0 Å². The molecule has 3 atom stereocenters. The van der Waals surface area contributed by atoms with Gasteiger partial charge >= 0.3 is 0 Å². The Morgan fingerprint density at radius 1 is 1.28 bits per heavy atom. The van der Waals surface area contributed by atoms with Crippen LogP contribution < -0.4 is 10.6 Å². The Labute approximate surface area is 111 Å². The van der Waals surface area contributed by atoms with Crippen LogP contribution >= 0.6 is 0 Å². The van der Waals surface area contributed by atoms with Crippen molar-refractivity contribution in [2.24, 2.45) is 11.8 Å². The van der Waals surface area contributed by atoms with E-state index in [-0.39, 0.29) is 11.9 Å². The fourth-order valence-corrected chi connectivity index (χ4v) is 3.47. The quantitative estimate of drug-likeness (QED) is 0.789. The van der Waals surface area contributed by atoms with Gasteiger partial charge in [-0.3, -0.25) is 4.79 Å². The Bertz CT molecular complexity index is 262. The van der Waals surface area contributed by atoms with Gasteiger partial charge in [0.25, 0.3) is 0 Å². The first-order valence-electron chi connectivity index (χ1n) is 7.78. The van der Waals surface area contributed by atoms with E-state index in [4.69, 9.17) is 0 Å². The summed E-state index contributed by atoms with van der Waals surface area (Å²) in [5.41, 5.74) is 0. The molecular formula is C15H28N2O. The van der Waals surface area contributed by atoms with Crippen molar-refractivity contribution in [2.45, 2.75) is 70.9 Å². The maximum absolute atomic E-state index is 12.2. The first kappa shape index (κ1) is 13.9. The smallest absolute Gasteiger partial charge is 0.237 e. The third-order valence-corrected chi connectivity index (χ3v) is 4.90. The number of rotatable bonds is 5. The van der Waals surface area contributed by atoms with Crippen molar-refractivity contribution in [3.05, 3.63) is 0 Å². The van der Waals surface area contributed by atoms with E-state index in [1.807, 2.05) is 0 Å². The van der Waals surface area contributed by atoms with Crippen molar-refractivity contribution in [2.75, 3.05) is 6.54 Å². The highest BCUT2D eigenvalue weighted by molar-refractivity contribution is 5.82. The lowest BCUT2D eigenvalue weighted by Crippen LogP contribution is -2.44. The lowest BCUT2D eigenvalue weighted by atomic mass is 9.85. The summed E-state index contributed by atoms with van der Waals surface area (Å²) in [6, 6.07) is 0.690. The van der Waals surface area contributed by atoms with Crippen molar-refractivity contribution in [1.29, 1.82) is 0 Å². The second-order valence-electron chi connectivity index (χ2n) is 6.03. The highest BCUT2D eigenvalue weighted by Gasteiger charge is 2.38.